The Morgan fingerprint density at radius 2 is 0.892 bits per heavy atom. The van der Waals surface area contributed by atoms with Gasteiger partial charge < -0.3 is 9.47 Å². The van der Waals surface area contributed by atoms with Crippen LogP contribution in [0.15, 0.2) is 127 Å². The normalized spacial score (nSPS) is 11.4. The third-order valence-corrected chi connectivity index (χ3v) is 7.04. The SMILES string of the molecule is Cc1cccc2c(Oc3ccc4ccccc4c3)c3ccccc3c(Oc3ccc4ccccc4c3)c12. The average Bonchev–Trinajstić information content (AvgIpc) is 2.94. The van der Waals surface area contributed by atoms with Crippen LogP contribution in [0.5, 0.6) is 23.0 Å². The first-order valence-corrected chi connectivity index (χ1v) is 12.5. The molecule has 2 heteroatoms. The molecule has 0 aliphatic rings. The molecule has 0 aromatic heterocycles. The average molecular weight is 477 g/mol. The molecule has 0 amide bonds. The van der Waals surface area contributed by atoms with Crippen molar-refractivity contribution in [2.75, 3.05) is 0 Å². The van der Waals surface area contributed by atoms with E-state index >= 15 is 0 Å². The highest BCUT2D eigenvalue weighted by molar-refractivity contribution is 6.12. The van der Waals surface area contributed by atoms with Gasteiger partial charge in [0.1, 0.15) is 23.0 Å². The Balaban J connectivity index is 1.44. The molecule has 7 rings (SSSR count). The van der Waals surface area contributed by atoms with Crippen molar-refractivity contribution < 1.29 is 9.47 Å². The fourth-order valence-electron chi connectivity index (χ4n) is 5.23. The minimum atomic E-state index is 0.815. The van der Waals surface area contributed by atoms with Crippen LogP contribution in [0.1, 0.15) is 5.56 Å². The maximum Gasteiger partial charge on any atom is 0.143 e. The van der Waals surface area contributed by atoms with Crippen molar-refractivity contribution in [1.29, 1.82) is 0 Å². The lowest BCUT2D eigenvalue weighted by Crippen LogP contribution is -1.95. The molecule has 0 N–H and O–H groups in total. The van der Waals surface area contributed by atoms with E-state index in [0.717, 1.165) is 60.9 Å². The molecule has 7 aromatic carbocycles. The summed E-state index contributed by atoms with van der Waals surface area (Å²) in [5, 5.41) is 8.83. The summed E-state index contributed by atoms with van der Waals surface area (Å²) in [6.45, 7) is 2.13. The number of aryl methyl sites for hydroxylation is 1. The monoisotopic (exact) mass is 476 g/mol. The highest BCUT2D eigenvalue weighted by Gasteiger charge is 2.19. The standard InChI is InChI=1S/C35H24O2/c1-23-9-8-16-32-33(23)35(37-29-20-18-25-11-3-5-13-27(25)22-29)31-15-7-6-14-30(31)34(32)36-28-19-17-24-10-2-4-12-26(24)21-28/h2-22H,1H3. The fraction of sp³-hybridized carbons (Fsp3) is 0.0286. The number of benzene rings is 7. The Morgan fingerprint density at radius 3 is 1.51 bits per heavy atom. The van der Waals surface area contributed by atoms with Crippen LogP contribution in [0.3, 0.4) is 0 Å². The molecule has 176 valence electrons. The highest BCUT2D eigenvalue weighted by atomic mass is 16.5. The van der Waals surface area contributed by atoms with Crippen molar-refractivity contribution in [2.24, 2.45) is 0 Å². The molecule has 0 saturated carbocycles. The largest absolute Gasteiger partial charge is 0.456 e. The number of hydrogen-bond donors (Lipinski definition) is 0. The number of rotatable bonds is 4. The van der Waals surface area contributed by atoms with Crippen molar-refractivity contribution in [2.45, 2.75) is 6.92 Å². The molecule has 37 heavy (non-hydrogen) atoms. The van der Waals surface area contributed by atoms with E-state index in [4.69, 9.17) is 9.47 Å². The summed E-state index contributed by atoms with van der Waals surface area (Å²) in [6.07, 6.45) is 0. The lowest BCUT2D eigenvalue weighted by atomic mass is 9.97. The summed E-state index contributed by atoms with van der Waals surface area (Å²) in [7, 11) is 0. The van der Waals surface area contributed by atoms with Gasteiger partial charge in [0.25, 0.3) is 0 Å². The van der Waals surface area contributed by atoms with E-state index in [1.165, 1.54) is 10.8 Å². The first kappa shape index (κ1) is 21.5. The van der Waals surface area contributed by atoms with Crippen molar-refractivity contribution >= 4 is 43.1 Å². The molecular weight excluding hydrogens is 452 g/mol. The summed E-state index contributed by atoms with van der Waals surface area (Å²) >= 11 is 0. The molecule has 0 fully saturated rings. The summed E-state index contributed by atoms with van der Waals surface area (Å²) in [5.74, 6) is 3.33. The molecule has 7 aromatic rings. The predicted octanol–water partition coefficient (Wildman–Crippen LogP) is 10.2. The van der Waals surface area contributed by atoms with E-state index in [0.29, 0.717) is 0 Å². The van der Waals surface area contributed by atoms with Crippen LogP contribution in [0, 0.1) is 6.92 Å². The summed E-state index contributed by atoms with van der Waals surface area (Å²) in [6, 6.07) is 43.9. The van der Waals surface area contributed by atoms with Gasteiger partial charge >= 0.3 is 0 Å². The molecule has 0 unspecified atom stereocenters. The van der Waals surface area contributed by atoms with E-state index in [9.17, 15) is 0 Å². The minimum Gasteiger partial charge on any atom is -0.456 e. The second-order valence-electron chi connectivity index (χ2n) is 9.42. The van der Waals surface area contributed by atoms with E-state index in [-0.39, 0.29) is 0 Å². The zero-order chi connectivity index (χ0) is 24.8. The molecule has 0 aliphatic heterocycles. The van der Waals surface area contributed by atoms with Crippen LogP contribution in [-0.2, 0) is 0 Å². The van der Waals surface area contributed by atoms with Gasteiger partial charge in [-0.05, 0) is 58.3 Å². The number of hydrogen-bond acceptors (Lipinski definition) is 2. The maximum absolute atomic E-state index is 6.70. The van der Waals surface area contributed by atoms with E-state index in [1.807, 2.05) is 12.1 Å². The number of ether oxygens (including phenoxy) is 2. The highest BCUT2D eigenvalue weighted by Crippen LogP contribution is 2.47. The second-order valence-corrected chi connectivity index (χ2v) is 9.42. The Kier molecular flexibility index (Phi) is 5.04. The molecule has 0 aliphatic carbocycles. The predicted molar refractivity (Wildman–Crippen MR) is 154 cm³/mol. The topological polar surface area (TPSA) is 18.5 Å². The first-order chi connectivity index (χ1) is 18.2. The van der Waals surface area contributed by atoms with Gasteiger partial charge in [0, 0.05) is 21.5 Å². The van der Waals surface area contributed by atoms with Crippen LogP contribution in [0.4, 0.5) is 0 Å². The second kappa shape index (κ2) is 8.69. The molecule has 0 atom stereocenters. The fourth-order valence-corrected chi connectivity index (χ4v) is 5.23. The van der Waals surface area contributed by atoms with Gasteiger partial charge in [-0.1, -0.05) is 103 Å². The Hall–Kier alpha value is -4.82. The molecular formula is C35H24O2. The zero-order valence-corrected chi connectivity index (χ0v) is 20.4. The summed E-state index contributed by atoms with van der Waals surface area (Å²) in [4.78, 5) is 0. The molecule has 0 radical (unpaired) electrons. The van der Waals surface area contributed by atoms with Crippen LogP contribution < -0.4 is 9.47 Å². The van der Waals surface area contributed by atoms with Crippen molar-refractivity contribution in [3.8, 4) is 23.0 Å². The Morgan fingerprint density at radius 1 is 0.405 bits per heavy atom. The quantitative estimate of drug-likeness (QED) is 0.235. The van der Waals surface area contributed by atoms with E-state index < -0.39 is 0 Å². The van der Waals surface area contributed by atoms with Crippen LogP contribution in [0.2, 0.25) is 0 Å². The van der Waals surface area contributed by atoms with Gasteiger partial charge in [-0.2, -0.15) is 0 Å². The van der Waals surface area contributed by atoms with E-state index in [2.05, 4.69) is 122 Å². The molecule has 0 spiro atoms. The van der Waals surface area contributed by atoms with Crippen molar-refractivity contribution in [1.82, 2.24) is 0 Å². The Labute approximate surface area is 215 Å². The third-order valence-electron chi connectivity index (χ3n) is 7.04. The van der Waals surface area contributed by atoms with Crippen LogP contribution >= 0.6 is 0 Å². The number of fused-ring (bicyclic) bond motifs is 4. The van der Waals surface area contributed by atoms with Gasteiger partial charge in [-0.3, -0.25) is 0 Å². The van der Waals surface area contributed by atoms with E-state index in [1.54, 1.807) is 0 Å². The van der Waals surface area contributed by atoms with Gasteiger partial charge in [-0.25, -0.2) is 0 Å². The van der Waals surface area contributed by atoms with Gasteiger partial charge in [0.05, 0.1) is 0 Å². The van der Waals surface area contributed by atoms with Gasteiger partial charge in [-0.15, -0.1) is 0 Å². The van der Waals surface area contributed by atoms with Gasteiger partial charge in [0.15, 0.2) is 0 Å². The van der Waals surface area contributed by atoms with Crippen LogP contribution in [0.25, 0.3) is 43.1 Å². The molecule has 0 heterocycles. The van der Waals surface area contributed by atoms with Gasteiger partial charge in [0.2, 0.25) is 0 Å². The zero-order valence-electron chi connectivity index (χ0n) is 20.4. The lowest BCUT2D eigenvalue weighted by Gasteiger charge is -2.19. The summed E-state index contributed by atoms with van der Waals surface area (Å²) < 4.78 is 13.4. The smallest absolute Gasteiger partial charge is 0.143 e. The first-order valence-electron chi connectivity index (χ1n) is 12.5. The molecule has 0 bridgehead atoms. The van der Waals surface area contributed by atoms with Crippen LogP contribution in [-0.4, -0.2) is 0 Å². The third kappa shape index (κ3) is 3.75. The van der Waals surface area contributed by atoms with Crippen molar-refractivity contribution in [3.05, 3.63) is 133 Å². The minimum absolute atomic E-state index is 0.815. The Bertz CT molecular complexity index is 1950. The lowest BCUT2D eigenvalue weighted by molar-refractivity contribution is 0.486. The molecule has 0 saturated heterocycles. The van der Waals surface area contributed by atoms with Crippen molar-refractivity contribution in [3.63, 3.8) is 0 Å². The maximum atomic E-state index is 6.70. The molecule has 2 nitrogen and oxygen atoms in total. The summed E-state index contributed by atoms with van der Waals surface area (Å²) in [5.41, 5.74) is 1.14.